The Morgan fingerprint density at radius 3 is 2.68 bits per heavy atom. The summed E-state index contributed by atoms with van der Waals surface area (Å²) in [5.41, 5.74) is 0.952. The molecule has 1 aliphatic rings. The number of carbonyl (C=O) groups is 1. The van der Waals surface area contributed by atoms with Gasteiger partial charge in [-0.1, -0.05) is 23.7 Å². The van der Waals surface area contributed by atoms with E-state index in [0.29, 0.717) is 29.7 Å². The molecule has 3 rings (SSSR count). The molecule has 0 bridgehead atoms. The number of hydrogen-bond donors (Lipinski definition) is 0. The van der Waals surface area contributed by atoms with Crippen molar-refractivity contribution in [3.8, 4) is 11.8 Å². The van der Waals surface area contributed by atoms with Gasteiger partial charge in [-0.3, -0.25) is 4.79 Å². The number of ether oxygens (including phenoxy) is 2. The largest absolute Gasteiger partial charge is 0.477 e. The molecule has 2 aromatic rings. The van der Waals surface area contributed by atoms with Crippen molar-refractivity contribution in [1.29, 1.82) is 0 Å². The summed E-state index contributed by atoms with van der Waals surface area (Å²) in [6.07, 6.45) is 5.11. The Morgan fingerprint density at radius 2 is 1.96 bits per heavy atom. The summed E-state index contributed by atoms with van der Waals surface area (Å²) in [6, 6.07) is 7.35. The SMILES string of the molecule is COc1nccnc1OC1CCCN(C(=O)Cc2ccc(Cl)cc2)C1. The number of nitrogens with zero attached hydrogens (tertiary/aromatic N) is 3. The van der Waals surface area contributed by atoms with Crippen LogP contribution in [0, 0.1) is 0 Å². The average molecular weight is 362 g/mol. The lowest BCUT2D eigenvalue weighted by Gasteiger charge is -2.32. The van der Waals surface area contributed by atoms with Gasteiger partial charge in [0.1, 0.15) is 6.10 Å². The van der Waals surface area contributed by atoms with Gasteiger partial charge in [0.15, 0.2) is 0 Å². The molecule has 1 amide bonds. The second-order valence-electron chi connectivity index (χ2n) is 5.90. The molecule has 1 aromatic heterocycles. The molecular formula is C18H20ClN3O3. The van der Waals surface area contributed by atoms with Crippen LogP contribution in [-0.2, 0) is 11.2 Å². The zero-order valence-corrected chi connectivity index (χ0v) is 14.8. The molecule has 1 atom stereocenters. The highest BCUT2D eigenvalue weighted by molar-refractivity contribution is 6.30. The fraction of sp³-hybridized carbons (Fsp3) is 0.389. The molecule has 0 spiro atoms. The lowest BCUT2D eigenvalue weighted by atomic mass is 10.1. The topological polar surface area (TPSA) is 64.6 Å². The lowest BCUT2D eigenvalue weighted by molar-refractivity contribution is -0.133. The number of halogens is 1. The van der Waals surface area contributed by atoms with Crippen molar-refractivity contribution in [2.75, 3.05) is 20.2 Å². The van der Waals surface area contributed by atoms with E-state index in [0.717, 1.165) is 24.9 Å². The quantitative estimate of drug-likeness (QED) is 0.819. The van der Waals surface area contributed by atoms with Crippen LogP contribution in [0.5, 0.6) is 11.8 Å². The number of aromatic nitrogens is 2. The molecule has 0 N–H and O–H groups in total. The third-order valence-electron chi connectivity index (χ3n) is 4.10. The van der Waals surface area contributed by atoms with Crippen LogP contribution in [0.4, 0.5) is 0 Å². The van der Waals surface area contributed by atoms with Crippen LogP contribution < -0.4 is 9.47 Å². The summed E-state index contributed by atoms with van der Waals surface area (Å²) in [4.78, 5) is 22.6. The molecular weight excluding hydrogens is 342 g/mol. The molecule has 1 aliphatic heterocycles. The van der Waals surface area contributed by atoms with Gasteiger partial charge in [0.05, 0.1) is 20.1 Å². The Morgan fingerprint density at radius 1 is 1.24 bits per heavy atom. The zero-order chi connectivity index (χ0) is 17.6. The van der Waals surface area contributed by atoms with E-state index in [1.165, 1.54) is 7.11 Å². The van der Waals surface area contributed by atoms with Crippen LogP contribution >= 0.6 is 11.6 Å². The highest BCUT2D eigenvalue weighted by Gasteiger charge is 2.26. The molecule has 2 heterocycles. The maximum Gasteiger partial charge on any atom is 0.278 e. The standard InChI is InChI=1S/C18H20ClN3O3/c1-24-17-18(21-9-8-20-17)25-15-3-2-10-22(12-15)16(23)11-13-4-6-14(19)7-5-13/h4-9,15H,2-3,10-12H2,1H3. The average Bonchev–Trinajstić information content (AvgIpc) is 2.64. The first-order valence-electron chi connectivity index (χ1n) is 8.19. The molecule has 1 aromatic carbocycles. The van der Waals surface area contributed by atoms with Gasteiger partial charge in [0.25, 0.3) is 11.8 Å². The number of likely N-dealkylation sites (tertiary alicyclic amines) is 1. The Hall–Kier alpha value is -2.34. The number of rotatable bonds is 5. The summed E-state index contributed by atoms with van der Waals surface area (Å²) < 4.78 is 11.1. The molecule has 1 unspecified atom stereocenters. The predicted octanol–water partition coefficient (Wildman–Crippen LogP) is 2.75. The molecule has 0 aliphatic carbocycles. The number of benzene rings is 1. The predicted molar refractivity (Wildman–Crippen MR) is 94.0 cm³/mol. The van der Waals surface area contributed by atoms with Crippen molar-refractivity contribution in [3.05, 3.63) is 47.2 Å². The van der Waals surface area contributed by atoms with Gasteiger partial charge in [-0.05, 0) is 30.5 Å². The Kier molecular flexibility index (Phi) is 5.71. The summed E-state index contributed by atoms with van der Waals surface area (Å²) in [5.74, 6) is 0.802. The first-order valence-corrected chi connectivity index (χ1v) is 8.57. The molecule has 1 saturated heterocycles. The first kappa shape index (κ1) is 17.5. The van der Waals surface area contributed by atoms with Crippen LogP contribution in [0.1, 0.15) is 18.4 Å². The van der Waals surface area contributed by atoms with E-state index in [9.17, 15) is 4.79 Å². The number of piperidine rings is 1. The van der Waals surface area contributed by atoms with Crippen molar-refractivity contribution in [3.63, 3.8) is 0 Å². The van der Waals surface area contributed by atoms with Crippen LogP contribution in [0.2, 0.25) is 5.02 Å². The second kappa shape index (κ2) is 8.16. The molecule has 7 heteroatoms. The summed E-state index contributed by atoms with van der Waals surface area (Å²) >= 11 is 5.88. The Labute approximate surface area is 151 Å². The summed E-state index contributed by atoms with van der Waals surface area (Å²) in [7, 11) is 1.53. The third kappa shape index (κ3) is 4.60. The second-order valence-corrected chi connectivity index (χ2v) is 6.33. The van der Waals surface area contributed by atoms with Gasteiger partial charge in [0.2, 0.25) is 5.91 Å². The van der Waals surface area contributed by atoms with Crippen molar-refractivity contribution in [2.45, 2.75) is 25.4 Å². The normalized spacial score (nSPS) is 17.2. The van der Waals surface area contributed by atoms with Gasteiger partial charge in [0, 0.05) is 24.0 Å². The molecule has 0 radical (unpaired) electrons. The minimum Gasteiger partial charge on any atom is -0.477 e. The van der Waals surface area contributed by atoms with Gasteiger partial charge >= 0.3 is 0 Å². The molecule has 6 nitrogen and oxygen atoms in total. The molecule has 1 fully saturated rings. The van der Waals surface area contributed by atoms with Crippen LogP contribution in [-0.4, -0.2) is 47.1 Å². The van der Waals surface area contributed by atoms with Crippen molar-refractivity contribution < 1.29 is 14.3 Å². The van der Waals surface area contributed by atoms with Crippen LogP contribution in [0.25, 0.3) is 0 Å². The smallest absolute Gasteiger partial charge is 0.278 e. The maximum atomic E-state index is 12.6. The zero-order valence-electron chi connectivity index (χ0n) is 14.0. The maximum absolute atomic E-state index is 12.6. The fourth-order valence-corrected chi connectivity index (χ4v) is 2.97. The van der Waals surface area contributed by atoms with E-state index >= 15 is 0 Å². The highest BCUT2D eigenvalue weighted by Crippen LogP contribution is 2.24. The van der Waals surface area contributed by atoms with Gasteiger partial charge in [-0.2, -0.15) is 0 Å². The lowest BCUT2D eigenvalue weighted by Crippen LogP contribution is -2.45. The van der Waals surface area contributed by atoms with E-state index in [2.05, 4.69) is 9.97 Å². The van der Waals surface area contributed by atoms with E-state index in [1.54, 1.807) is 24.5 Å². The van der Waals surface area contributed by atoms with E-state index < -0.39 is 0 Å². The van der Waals surface area contributed by atoms with Crippen LogP contribution in [0.15, 0.2) is 36.7 Å². The van der Waals surface area contributed by atoms with E-state index in [4.69, 9.17) is 21.1 Å². The van der Waals surface area contributed by atoms with E-state index in [-0.39, 0.29) is 12.0 Å². The highest BCUT2D eigenvalue weighted by atomic mass is 35.5. The van der Waals surface area contributed by atoms with Crippen molar-refractivity contribution >= 4 is 17.5 Å². The minimum atomic E-state index is -0.117. The summed E-state index contributed by atoms with van der Waals surface area (Å²) in [5, 5.41) is 0.667. The Balaban J connectivity index is 1.60. The van der Waals surface area contributed by atoms with Gasteiger partial charge in [-0.15, -0.1) is 0 Å². The number of amides is 1. The van der Waals surface area contributed by atoms with Gasteiger partial charge in [-0.25, -0.2) is 9.97 Å². The molecule has 132 valence electrons. The first-order chi connectivity index (χ1) is 12.2. The Bertz CT molecular complexity index is 724. The number of methoxy groups -OCH3 is 1. The van der Waals surface area contributed by atoms with Crippen molar-refractivity contribution in [2.24, 2.45) is 0 Å². The van der Waals surface area contributed by atoms with E-state index in [1.807, 2.05) is 17.0 Å². The summed E-state index contributed by atoms with van der Waals surface area (Å²) in [6.45, 7) is 1.27. The third-order valence-corrected chi connectivity index (χ3v) is 4.36. The number of carbonyl (C=O) groups excluding carboxylic acids is 1. The monoisotopic (exact) mass is 361 g/mol. The van der Waals surface area contributed by atoms with Gasteiger partial charge < -0.3 is 14.4 Å². The fourth-order valence-electron chi connectivity index (χ4n) is 2.84. The van der Waals surface area contributed by atoms with Crippen LogP contribution in [0.3, 0.4) is 0 Å². The molecule has 0 saturated carbocycles. The number of hydrogen-bond acceptors (Lipinski definition) is 5. The molecule has 25 heavy (non-hydrogen) atoms. The minimum absolute atomic E-state index is 0.0849. The van der Waals surface area contributed by atoms with Crippen molar-refractivity contribution in [1.82, 2.24) is 14.9 Å².